The number of ether oxygens (including phenoxy) is 1. The fraction of sp³-hybridized carbons (Fsp3) is 0.422. The summed E-state index contributed by atoms with van der Waals surface area (Å²) >= 11 is 3.59. The first kappa shape index (κ1) is 43.5. The number of amides is 2. The molecule has 0 saturated carbocycles. The van der Waals surface area contributed by atoms with E-state index in [9.17, 15) is 14.2 Å². The zero-order valence-electron chi connectivity index (χ0n) is 35.7. The smallest absolute Gasteiger partial charge is 0.234 e. The number of hydrogen-bond donors (Lipinski definition) is 5. The number of rotatable bonds is 16. The summed E-state index contributed by atoms with van der Waals surface area (Å²) in [5, 5.41) is 17.3. The Kier molecular flexibility index (Phi) is 13.4. The predicted molar refractivity (Wildman–Crippen MR) is 251 cm³/mol. The predicted octanol–water partition coefficient (Wildman–Crippen LogP) is 6.29. The van der Waals surface area contributed by atoms with Crippen molar-refractivity contribution < 1.29 is 18.9 Å². The van der Waals surface area contributed by atoms with E-state index in [4.69, 9.17) is 9.72 Å². The lowest BCUT2D eigenvalue weighted by Crippen LogP contribution is -2.51. The summed E-state index contributed by atoms with van der Waals surface area (Å²) in [4.78, 5) is 47.1. The Morgan fingerprint density at radius 1 is 0.935 bits per heavy atom. The van der Waals surface area contributed by atoms with Crippen LogP contribution in [0.2, 0.25) is 0 Å². The number of nitrogens with zero attached hydrogens (tertiary/aromatic N) is 6. The third kappa shape index (κ3) is 9.88. The number of piperidine rings is 2. The minimum Gasteiger partial charge on any atom is -0.494 e. The molecule has 62 heavy (non-hydrogen) atoms. The highest BCUT2D eigenvalue weighted by Crippen LogP contribution is 2.42. The van der Waals surface area contributed by atoms with Crippen molar-refractivity contribution in [3.63, 3.8) is 0 Å². The average molecular weight is 925 g/mol. The second kappa shape index (κ2) is 19.1. The second-order valence-corrected chi connectivity index (χ2v) is 20.7. The van der Waals surface area contributed by atoms with E-state index in [1.54, 1.807) is 39.0 Å². The molecule has 0 radical (unpaired) electrons. The molecule has 3 aromatic carbocycles. The van der Waals surface area contributed by atoms with Gasteiger partial charge in [-0.1, -0.05) is 19.1 Å². The van der Waals surface area contributed by atoms with Crippen molar-refractivity contribution in [1.82, 2.24) is 35.9 Å². The van der Waals surface area contributed by atoms with Crippen LogP contribution in [0.25, 0.3) is 11.0 Å². The van der Waals surface area contributed by atoms with Crippen LogP contribution in [-0.2, 0) is 20.6 Å². The maximum atomic E-state index is 13.5. The van der Waals surface area contributed by atoms with Gasteiger partial charge in [0, 0.05) is 100 Å². The number of nitrogens with one attached hydrogen (secondary N) is 5. The number of fused-ring (bicyclic) bond motifs is 1. The molecule has 5 heterocycles. The number of anilines is 6. The van der Waals surface area contributed by atoms with E-state index in [1.165, 1.54) is 11.3 Å². The topological polar surface area (TPSA) is 179 Å². The van der Waals surface area contributed by atoms with Crippen molar-refractivity contribution in [2.24, 2.45) is 5.92 Å². The van der Waals surface area contributed by atoms with Crippen LogP contribution in [0.3, 0.4) is 0 Å². The largest absolute Gasteiger partial charge is 0.494 e. The maximum Gasteiger partial charge on any atom is 0.234 e. The Morgan fingerprint density at radius 2 is 1.74 bits per heavy atom. The standard InChI is InChI=1S/C45H55BrN11O4P/c1-5-29-22-37(53-45-51-25-34(46)43(55-45)52-36-11-10-35-41(50-18-17-49-35)42(36)62(3,4)60)39(61-2)23-38(29)56-19-13-31(14-20-56)48-16-15-47-24-28-26-57(27-28)32-8-6-7-30(21-32)33-9-12-40(58)54-44(33)59/h6-8,10-11,17-18,21-23,25,28,31,33,47-48H,5,9,12-16,19-20,24,26-27H2,1-4H3,(H,54,58,59)(H2,51,52,53,55). The summed E-state index contributed by atoms with van der Waals surface area (Å²) in [7, 11) is -1.09. The minimum absolute atomic E-state index is 0.182. The first-order valence-electron chi connectivity index (χ1n) is 21.4. The van der Waals surface area contributed by atoms with Gasteiger partial charge in [-0.25, -0.2) is 4.98 Å². The molecular weight excluding hydrogens is 869 g/mol. The van der Waals surface area contributed by atoms with E-state index in [2.05, 4.69) is 98.5 Å². The van der Waals surface area contributed by atoms with Gasteiger partial charge in [0.05, 0.1) is 39.7 Å². The monoisotopic (exact) mass is 923 g/mol. The van der Waals surface area contributed by atoms with Crippen LogP contribution >= 0.6 is 23.1 Å². The number of aromatic nitrogens is 4. The molecule has 1 unspecified atom stereocenters. The van der Waals surface area contributed by atoms with Gasteiger partial charge in [0.2, 0.25) is 17.8 Å². The minimum atomic E-state index is -2.77. The van der Waals surface area contributed by atoms with Crippen LogP contribution in [0.1, 0.15) is 49.7 Å². The molecule has 1 atom stereocenters. The lowest BCUT2D eigenvalue weighted by atomic mass is 9.89. The molecule has 15 nitrogen and oxygen atoms in total. The van der Waals surface area contributed by atoms with E-state index < -0.39 is 7.14 Å². The summed E-state index contributed by atoms with van der Waals surface area (Å²) in [6.45, 7) is 12.3. The van der Waals surface area contributed by atoms with Crippen LogP contribution in [0.15, 0.2) is 71.6 Å². The molecule has 0 spiro atoms. The first-order valence-corrected chi connectivity index (χ1v) is 24.8. The van der Waals surface area contributed by atoms with Crippen LogP contribution < -0.4 is 46.4 Å². The van der Waals surface area contributed by atoms with Crippen LogP contribution in [0.4, 0.5) is 34.5 Å². The number of carbonyl (C=O) groups excluding carboxylic acids is 2. The van der Waals surface area contributed by atoms with Crippen LogP contribution in [0, 0.1) is 5.92 Å². The van der Waals surface area contributed by atoms with Crippen molar-refractivity contribution in [2.45, 2.75) is 51.0 Å². The molecule has 2 amide bonds. The molecule has 5 N–H and O–H groups in total. The molecule has 0 aliphatic carbocycles. The van der Waals surface area contributed by atoms with Gasteiger partial charge in [0.1, 0.15) is 24.2 Å². The zero-order chi connectivity index (χ0) is 43.4. The van der Waals surface area contributed by atoms with E-state index in [0.29, 0.717) is 68.8 Å². The molecule has 2 aromatic heterocycles. The Bertz CT molecular complexity index is 2490. The van der Waals surface area contributed by atoms with Crippen molar-refractivity contribution in [3.8, 4) is 5.75 Å². The summed E-state index contributed by atoms with van der Waals surface area (Å²) in [6, 6.07) is 16.7. The summed E-state index contributed by atoms with van der Waals surface area (Å²) in [5.74, 6) is 1.56. The second-order valence-electron chi connectivity index (χ2n) is 16.7. The third-order valence-corrected chi connectivity index (χ3v) is 14.1. The van der Waals surface area contributed by atoms with Crippen molar-refractivity contribution in [2.75, 3.05) is 86.7 Å². The maximum absolute atomic E-state index is 13.5. The van der Waals surface area contributed by atoms with Crippen LogP contribution in [-0.4, -0.2) is 104 Å². The number of benzene rings is 3. The van der Waals surface area contributed by atoms with E-state index in [1.807, 2.05) is 24.3 Å². The highest BCUT2D eigenvalue weighted by molar-refractivity contribution is 9.10. The van der Waals surface area contributed by atoms with Gasteiger partial charge in [-0.2, -0.15) is 4.98 Å². The average Bonchev–Trinajstić information content (AvgIpc) is 3.25. The molecule has 3 saturated heterocycles. The van der Waals surface area contributed by atoms with Gasteiger partial charge in [-0.3, -0.25) is 24.9 Å². The molecule has 8 rings (SSSR count). The van der Waals surface area contributed by atoms with E-state index in [0.717, 1.165) is 82.0 Å². The number of halogens is 1. The fourth-order valence-corrected chi connectivity index (χ4v) is 10.4. The highest BCUT2D eigenvalue weighted by Gasteiger charge is 2.31. The highest BCUT2D eigenvalue weighted by atomic mass is 79.9. The van der Waals surface area contributed by atoms with Crippen molar-refractivity contribution in [3.05, 3.63) is 82.7 Å². The quantitative estimate of drug-likeness (QED) is 0.0424. The first-order chi connectivity index (χ1) is 30.0. The molecule has 5 aromatic rings. The summed E-state index contributed by atoms with van der Waals surface area (Å²) in [6.07, 6.45) is 8.84. The van der Waals surface area contributed by atoms with Gasteiger partial charge >= 0.3 is 0 Å². The van der Waals surface area contributed by atoms with Crippen molar-refractivity contribution in [1.29, 1.82) is 0 Å². The zero-order valence-corrected chi connectivity index (χ0v) is 38.2. The molecular formula is C45H55BrN11O4P. The van der Waals surface area contributed by atoms with Gasteiger partial charge < -0.3 is 40.4 Å². The Balaban J connectivity index is 0.811. The van der Waals surface area contributed by atoms with Gasteiger partial charge in [-0.05, 0) is 96.4 Å². The lowest BCUT2D eigenvalue weighted by Gasteiger charge is -2.41. The SMILES string of the molecule is CCc1cc(Nc2ncc(Br)c(Nc3ccc4nccnc4c3P(C)(C)=O)n2)c(OC)cc1N1CCC(NCCNCC2CN(c3cccc(C4CCC(=O)NC4=O)c3)C2)CC1. The fourth-order valence-electron chi connectivity index (χ4n) is 8.74. The molecule has 0 bridgehead atoms. The van der Waals surface area contributed by atoms with E-state index >= 15 is 0 Å². The van der Waals surface area contributed by atoms with Gasteiger partial charge in [0.25, 0.3) is 0 Å². The van der Waals surface area contributed by atoms with Gasteiger partial charge in [-0.15, -0.1) is 0 Å². The summed E-state index contributed by atoms with van der Waals surface area (Å²) in [5.41, 5.74) is 7.21. The molecule has 3 fully saturated rings. The molecule has 326 valence electrons. The number of carbonyl (C=O) groups is 2. The summed E-state index contributed by atoms with van der Waals surface area (Å²) < 4.78 is 20.1. The Morgan fingerprint density at radius 3 is 2.50 bits per heavy atom. The number of methoxy groups -OCH3 is 1. The Hall–Kier alpha value is -5.15. The lowest BCUT2D eigenvalue weighted by molar-refractivity contribution is -0.134. The Labute approximate surface area is 371 Å². The van der Waals surface area contributed by atoms with Gasteiger partial charge in [0.15, 0.2) is 0 Å². The normalized spacial score (nSPS) is 17.5. The molecule has 3 aliphatic rings. The number of aryl methyl sites for hydroxylation is 1. The van der Waals surface area contributed by atoms with Crippen molar-refractivity contribution >= 4 is 85.7 Å². The number of hydrogen-bond acceptors (Lipinski definition) is 14. The third-order valence-electron chi connectivity index (χ3n) is 12.0. The van der Waals surface area contributed by atoms with E-state index in [-0.39, 0.29) is 17.7 Å². The van der Waals surface area contributed by atoms with Crippen LogP contribution in [0.5, 0.6) is 5.75 Å². The number of imide groups is 1. The molecule has 3 aliphatic heterocycles. The molecule has 17 heteroatoms.